The molecule has 32 heavy (non-hydrogen) atoms. The number of phenolic OH excluding ortho intramolecular Hbond substituents is 2. The van der Waals surface area contributed by atoms with E-state index in [0.29, 0.717) is 5.56 Å². The molecule has 158 valence electrons. The predicted molar refractivity (Wildman–Crippen MR) is 123 cm³/mol. The Bertz CT molecular complexity index is 1480. The predicted octanol–water partition coefficient (Wildman–Crippen LogP) is 4.58. The van der Waals surface area contributed by atoms with Crippen LogP contribution in [0.4, 0.5) is 0 Å². The van der Waals surface area contributed by atoms with E-state index in [2.05, 4.69) is 29.6 Å². The Hall–Kier alpha value is -4.32. The van der Waals surface area contributed by atoms with Gasteiger partial charge in [0.15, 0.2) is 0 Å². The molecule has 5 aromatic carbocycles. The Morgan fingerprint density at radius 2 is 1.44 bits per heavy atom. The lowest BCUT2D eigenvalue weighted by molar-refractivity contribution is 0.0500. The molecule has 6 heteroatoms. The summed E-state index contributed by atoms with van der Waals surface area (Å²) in [6.45, 7) is 0.0577. The molecule has 0 saturated carbocycles. The molecule has 0 heterocycles. The van der Waals surface area contributed by atoms with E-state index in [-0.39, 0.29) is 36.1 Å². The van der Waals surface area contributed by atoms with E-state index in [9.17, 15) is 19.8 Å². The van der Waals surface area contributed by atoms with Crippen LogP contribution in [0.1, 0.15) is 20.7 Å². The van der Waals surface area contributed by atoms with Crippen LogP contribution in [-0.2, 0) is 4.74 Å². The molecule has 1 amide bonds. The van der Waals surface area contributed by atoms with Gasteiger partial charge in [0.1, 0.15) is 23.7 Å². The van der Waals surface area contributed by atoms with Gasteiger partial charge in [0.05, 0.1) is 6.54 Å². The summed E-state index contributed by atoms with van der Waals surface area (Å²) in [7, 11) is 0. The minimum absolute atomic E-state index is 0.0547. The largest absolute Gasteiger partial charge is 0.508 e. The molecule has 0 saturated heterocycles. The van der Waals surface area contributed by atoms with Crippen LogP contribution in [0.2, 0.25) is 0 Å². The number of nitrogens with one attached hydrogen (secondary N) is 1. The summed E-state index contributed by atoms with van der Waals surface area (Å²) in [6, 6.07) is 21.6. The molecule has 0 aliphatic heterocycles. The maximum Gasteiger partial charge on any atom is 0.341 e. The van der Waals surface area contributed by atoms with E-state index < -0.39 is 5.97 Å². The normalized spacial score (nSPS) is 11.2. The van der Waals surface area contributed by atoms with Crippen molar-refractivity contribution >= 4 is 44.2 Å². The molecule has 0 atom stereocenters. The van der Waals surface area contributed by atoms with Gasteiger partial charge in [-0.3, -0.25) is 4.79 Å². The molecule has 0 aliphatic rings. The topological polar surface area (TPSA) is 95.9 Å². The molecule has 0 spiro atoms. The van der Waals surface area contributed by atoms with E-state index >= 15 is 0 Å². The summed E-state index contributed by atoms with van der Waals surface area (Å²) in [5.41, 5.74) is 0.499. The van der Waals surface area contributed by atoms with Crippen molar-refractivity contribution in [3.8, 4) is 11.5 Å². The van der Waals surface area contributed by atoms with E-state index in [4.69, 9.17) is 4.74 Å². The zero-order valence-corrected chi connectivity index (χ0v) is 17.0. The first-order valence-corrected chi connectivity index (χ1v) is 10.2. The van der Waals surface area contributed by atoms with Gasteiger partial charge in [0, 0.05) is 11.6 Å². The van der Waals surface area contributed by atoms with Gasteiger partial charge >= 0.3 is 5.97 Å². The van der Waals surface area contributed by atoms with E-state index in [1.54, 1.807) is 6.07 Å². The lowest BCUT2D eigenvalue weighted by Crippen LogP contribution is -2.28. The third kappa shape index (κ3) is 3.32. The van der Waals surface area contributed by atoms with E-state index in [0.717, 1.165) is 38.4 Å². The fraction of sp³-hybridized carbons (Fsp3) is 0.0769. The van der Waals surface area contributed by atoms with Crippen LogP contribution >= 0.6 is 0 Å². The lowest BCUT2D eigenvalue weighted by Gasteiger charge is -2.14. The Kier molecular flexibility index (Phi) is 4.75. The standard InChI is InChI=1S/C26H19NO5/c28-18-8-11-21(22(29)14-18)26(31)32-13-12-27-25(30)20-10-7-17-5-4-15-2-1-3-16-6-9-19(20)24(17)23(15)16/h1-11,14,28-29H,12-13H2,(H,27,30). The van der Waals surface area contributed by atoms with Crippen LogP contribution in [0.25, 0.3) is 32.3 Å². The quantitative estimate of drug-likeness (QED) is 0.218. The van der Waals surface area contributed by atoms with Crippen molar-refractivity contribution in [2.75, 3.05) is 13.2 Å². The highest BCUT2D eigenvalue weighted by molar-refractivity contribution is 6.26. The van der Waals surface area contributed by atoms with Gasteiger partial charge in [-0.1, -0.05) is 48.5 Å². The number of aromatic hydroxyl groups is 2. The summed E-state index contributed by atoms with van der Waals surface area (Å²) in [5, 5.41) is 28.2. The molecule has 3 N–H and O–H groups in total. The third-order valence-electron chi connectivity index (χ3n) is 5.60. The molecular weight excluding hydrogens is 406 g/mol. The number of rotatable bonds is 5. The molecule has 5 rings (SSSR count). The number of esters is 1. The number of benzene rings is 5. The fourth-order valence-electron chi connectivity index (χ4n) is 4.11. The number of hydrogen-bond donors (Lipinski definition) is 3. The number of carbonyl (C=O) groups is 2. The monoisotopic (exact) mass is 425 g/mol. The van der Waals surface area contributed by atoms with Gasteiger partial charge in [-0.15, -0.1) is 0 Å². The SMILES string of the molecule is O=C(OCCNC(=O)c1ccc2ccc3cccc4ccc1c2c34)c1ccc(O)cc1O. The first kappa shape index (κ1) is 19.6. The second-order valence-corrected chi connectivity index (χ2v) is 7.56. The highest BCUT2D eigenvalue weighted by Gasteiger charge is 2.16. The van der Waals surface area contributed by atoms with E-state index in [1.807, 2.05) is 24.3 Å². The lowest BCUT2D eigenvalue weighted by atomic mass is 9.92. The van der Waals surface area contributed by atoms with Crippen LogP contribution in [-0.4, -0.2) is 35.2 Å². The zero-order valence-electron chi connectivity index (χ0n) is 17.0. The van der Waals surface area contributed by atoms with Crippen molar-refractivity contribution in [1.29, 1.82) is 0 Å². The number of phenols is 2. The highest BCUT2D eigenvalue weighted by atomic mass is 16.5. The molecule has 0 aromatic heterocycles. The van der Waals surface area contributed by atoms with Crippen molar-refractivity contribution < 1.29 is 24.5 Å². The Morgan fingerprint density at radius 3 is 2.19 bits per heavy atom. The molecule has 6 nitrogen and oxygen atoms in total. The summed E-state index contributed by atoms with van der Waals surface area (Å²) in [4.78, 5) is 25.0. The zero-order chi connectivity index (χ0) is 22.2. The number of hydrogen-bond acceptors (Lipinski definition) is 5. The summed E-state index contributed by atoms with van der Waals surface area (Å²) < 4.78 is 5.12. The number of carbonyl (C=O) groups excluding carboxylic acids is 2. The van der Waals surface area contributed by atoms with Crippen molar-refractivity contribution in [3.63, 3.8) is 0 Å². The smallest absolute Gasteiger partial charge is 0.341 e. The Balaban J connectivity index is 1.32. The summed E-state index contributed by atoms with van der Waals surface area (Å²) in [6.07, 6.45) is 0. The maximum absolute atomic E-state index is 12.9. The van der Waals surface area contributed by atoms with Crippen LogP contribution in [0.3, 0.4) is 0 Å². The van der Waals surface area contributed by atoms with Gasteiger partial charge in [-0.2, -0.15) is 0 Å². The van der Waals surface area contributed by atoms with E-state index in [1.165, 1.54) is 12.1 Å². The van der Waals surface area contributed by atoms with Crippen molar-refractivity contribution in [3.05, 3.63) is 83.9 Å². The van der Waals surface area contributed by atoms with Crippen LogP contribution in [0.15, 0.2) is 72.8 Å². The first-order chi connectivity index (χ1) is 15.5. The number of ether oxygens (including phenoxy) is 1. The first-order valence-electron chi connectivity index (χ1n) is 10.2. The summed E-state index contributed by atoms with van der Waals surface area (Å²) in [5.74, 6) is -1.52. The molecule has 0 aliphatic carbocycles. The fourth-order valence-corrected chi connectivity index (χ4v) is 4.11. The second-order valence-electron chi connectivity index (χ2n) is 7.56. The molecule has 0 fully saturated rings. The molecule has 0 radical (unpaired) electrons. The Labute approximate surface area is 183 Å². The average Bonchev–Trinajstić information content (AvgIpc) is 2.80. The molecule has 0 unspecified atom stereocenters. The molecule has 0 bridgehead atoms. The highest BCUT2D eigenvalue weighted by Crippen LogP contribution is 2.35. The molecular formula is C26H19NO5. The van der Waals surface area contributed by atoms with Gasteiger partial charge < -0.3 is 20.3 Å². The second kappa shape index (κ2) is 7.74. The van der Waals surface area contributed by atoms with Crippen LogP contribution < -0.4 is 5.32 Å². The van der Waals surface area contributed by atoms with Gasteiger partial charge in [0.2, 0.25) is 0 Å². The number of amides is 1. The van der Waals surface area contributed by atoms with Crippen LogP contribution in [0, 0.1) is 0 Å². The third-order valence-corrected chi connectivity index (χ3v) is 5.60. The summed E-state index contributed by atoms with van der Waals surface area (Å²) >= 11 is 0. The van der Waals surface area contributed by atoms with Gasteiger partial charge in [0.25, 0.3) is 5.91 Å². The molecule has 5 aromatic rings. The van der Waals surface area contributed by atoms with Crippen molar-refractivity contribution in [2.24, 2.45) is 0 Å². The Morgan fingerprint density at radius 1 is 0.781 bits per heavy atom. The maximum atomic E-state index is 12.9. The minimum atomic E-state index is -0.737. The van der Waals surface area contributed by atoms with Crippen molar-refractivity contribution in [2.45, 2.75) is 0 Å². The van der Waals surface area contributed by atoms with Crippen molar-refractivity contribution in [1.82, 2.24) is 5.32 Å². The van der Waals surface area contributed by atoms with Gasteiger partial charge in [-0.05, 0) is 50.5 Å². The minimum Gasteiger partial charge on any atom is -0.508 e. The van der Waals surface area contributed by atoms with Crippen LogP contribution in [0.5, 0.6) is 11.5 Å². The average molecular weight is 425 g/mol. The van der Waals surface area contributed by atoms with Gasteiger partial charge in [-0.25, -0.2) is 4.79 Å².